The Hall–Kier alpha value is -2.47. The summed E-state index contributed by atoms with van der Waals surface area (Å²) < 4.78 is 1.72. The van der Waals surface area contributed by atoms with Gasteiger partial charge < -0.3 is 5.73 Å². The van der Waals surface area contributed by atoms with Crippen LogP contribution in [0.3, 0.4) is 0 Å². The maximum Gasteiger partial charge on any atom is 0.262 e. The van der Waals surface area contributed by atoms with Crippen LogP contribution in [-0.4, -0.2) is 15.5 Å². The maximum atomic E-state index is 13.4. The molecule has 0 saturated heterocycles. The molecule has 26 heavy (non-hydrogen) atoms. The molecular formula is C20H23N3O2S. The van der Waals surface area contributed by atoms with Gasteiger partial charge in [0, 0.05) is 29.3 Å². The molecule has 0 saturated carbocycles. The first-order valence-electron chi connectivity index (χ1n) is 8.77. The number of aromatic nitrogens is 2. The standard InChI is InChI=1S/C20H23N3O2S/c1-12(2)18-22-19-17(20(25)23(18)11-7-10-15(21)24)16(13(3)26-19)14-8-5-4-6-9-14/h4-6,8-9,12H,7,10-11H2,1-3H3,(H2,21,24). The molecule has 6 heteroatoms. The number of nitrogens with zero attached hydrogens (tertiary/aromatic N) is 2. The van der Waals surface area contributed by atoms with Crippen molar-refractivity contribution in [3.63, 3.8) is 0 Å². The SMILES string of the molecule is Cc1sc2nc(C(C)C)n(CCCC(N)=O)c(=O)c2c1-c1ccccc1. The quantitative estimate of drug-likeness (QED) is 0.717. The van der Waals surface area contributed by atoms with E-state index in [1.165, 1.54) is 0 Å². The fraction of sp³-hybridized carbons (Fsp3) is 0.350. The highest BCUT2D eigenvalue weighted by Crippen LogP contribution is 2.36. The topological polar surface area (TPSA) is 78.0 Å². The van der Waals surface area contributed by atoms with Crippen molar-refractivity contribution >= 4 is 27.5 Å². The van der Waals surface area contributed by atoms with E-state index in [-0.39, 0.29) is 23.8 Å². The van der Waals surface area contributed by atoms with E-state index in [2.05, 4.69) is 0 Å². The lowest BCUT2D eigenvalue weighted by atomic mass is 10.0. The summed E-state index contributed by atoms with van der Waals surface area (Å²) >= 11 is 1.56. The van der Waals surface area contributed by atoms with Crippen LogP contribution in [0.15, 0.2) is 35.1 Å². The molecule has 0 aliphatic heterocycles. The number of nitrogens with two attached hydrogens (primary N) is 1. The number of fused-ring (bicyclic) bond motifs is 1. The number of aryl methyl sites for hydroxylation is 1. The van der Waals surface area contributed by atoms with Gasteiger partial charge in [-0.25, -0.2) is 4.98 Å². The minimum absolute atomic E-state index is 0.0358. The van der Waals surface area contributed by atoms with Crippen molar-refractivity contribution in [3.8, 4) is 11.1 Å². The second-order valence-corrected chi connectivity index (χ2v) is 7.93. The van der Waals surface area contributed by atoms with Crippen molar-refractivity contribution in [2.75, 3.05) is 0 Å². The highest BCUT2D eigenvalue weighted by molar-refractivity contribution is 7.19. The van der Waals surface area contributed by atoms with Crippen molar-refractivity contribution in [3.05, 3.63) is 51.4 Å². The number of thiophene rings is 1. The predicted octanol–water partition coefficient (Wildman–Crippen LogP) is 3.82. The molecular weight excluding hydrogens is 346 g/mol. The van der Waals surface area contributed by atoms with Gasteiger partial charge in [0.25, 0.3) is 5.56 Å². The summed E-state index contributed by atoms with van der Waals surface area (Å²) in [5.41, 5.74) is 7.19. The molecule has 0 aliphatic carbocycles. The van der Waals surface area contributed by atoms with Gasteiger partial charge in [0.1, 0.15) is 10.7 Å². The van der Waals surface area contributed by atoms with Gasteiger partial charge >= 0.3 is 0 Å². The van der Waals surface area contributed by atoms with E-state index in [9.17, 15) is 9.59 Å². The van der Waals surface area contributed by atoms with E-state index in [4.69, 9.17) is 10.7 Å². The van der Waals surface area contributed by atoms with Gasteiger partial charge in [0.05, 0.1) is 5.39 Å². The van der Waals surface area contributed by atoms with E-state index < -0.39 is 0 Å². The summed E-state index contributed by atoms with van der Waals surface area (Å²) in [5, 5.41) is 0.669. The van der Waals surface area contributed by atoms with Gasteiger partial charge in [-0.05, 0) is 18.9 Å². The third kappa shape index (κ3) is 3.42. The van der Waals surface area contributed by atoms with Crippen LogP contribution in [-0.2, 0) is 11.3 Å². The Bertz CT molecular complexity index is 1000. The fourth-order valence-corrected chi connectivity index (χ4v) is 4.27. The zero-order valence-electron chi connectivity index (χ0n) is 15.3. The molecule has 0 aliphatic rings. The molecule has 0 atom stereocenters. The van der Waals surface area contributed by atoms with Crippen LogP contribution in [0.25, 0.3) is 21.3 Å². The van der Waals surface area contributed by atoms with Crippen LogP contribution in [0, 0.1) is 6.92 Å². The maximum absolute atomic E-state index is 13.4. The average molecular weight is 369 g/mol. The monoisotopic (exact) mass is 369 g/mol. The number of carbonyl (C=O) groups excluding carboxylic acids is 1. The van der Waals surface area contributed by atoms with Crippen LogP contribution in [0.4, 0.5) is 0 Å². The van der Waals surface area contributed by atoms with Gasteiger partial charge in [-0.3, -0.25) is 14.2 Å². The second-order valence-electron chi connectivity index (χ2n) is 6.73. The lowest BCUT2D eigenvalue weighted by Crippen LogP contribution is -2.26. The molecule has 1 aromatic carbocycles. The van der Waals surface area contributed by atoms with E-state index in [1.807, 2.05) is 51.1 Å². The second kappa shape index (κ2) is 7.41. The fourth-order valence-electron chi connectivity index (χ4n) is 3.23. The summed E-state index contributed by atoms with van der Waals surface area (Å²) in [6.45, 7) is 6.52. The lowest BCUT2D eigenvalue weighted by Gasteiger charge is -2.15. The Morgan fingerprint density at radius 1 is 1.27 bits per heavy atom. The third-order valence-electron chi connectivity index (χ3n) is 4.40. The lowest BCUT2D eigenvalue weighted by molar-refractivity contribution is -0.118. The summed E-state index contributed by atoms with van der Waals surface area (Å²) in [6, 6.07) is 9.94. The van der Waals surface area contributed by atoms with Gasteiger partial charge in [0.15, 0.2) is 0 Å². The zero-order valence-corrected chi connectivity index (χ0v) is 16.1. The smallest absolute Gasteiger partial charge is 0.262 e. The van der Waals surface area contributed by atoms with E-state index in [0.29, 0.717) is 18.4 Å². The minimum Gasteiger partial charge on any atom is -0.370 e. The van der Waals surface area contributed by atoms with Crippen LogP contribution in [0.1, 0.15) is 43.3 Å². The molecule has 0 bridgehead atoms. The molecule has 0 spiro atoms. The van der Waals surface area contributed by atoms with E-state index in [1.54, 1.807) is 15.9 Å². The molecule has 0 fully saturated rings. The summed E-state index contributed by atoms with van der Waals surface area (Å²) in [6.07, 6.45) is 0.794. The molecule has 136 valence electrons. The van der Waals surface area contributed by atoms with Crippen LogP contribution < -0.4 is 11.3 Å². The highest BCUT2D eigenvalue weighted by Gasteiger charge is 2.20. The number of hydrogen-bond donors (Lipinski definition) is 1. The van der Waals surface area contributed by atoms with Crippen molar-refractivity contribution in [1.82, 2.24) is 9.55 Å². The Morgan fingerprint density at radius 2 is 1.96 bits per heavy atom. The largest absolute Gasteiger partial charge is 0.370 e. The Balaban J connectivity index is 2.22. The highest BCUT2D eigenvalue weighted by atomic mass is 32.1. The molecule has 0 radical (unpaired) electrons. The summed E-state index contributed by atoms with van der Waals surface area (Å²) in [4.78, 5) is 31.1. The van der Waals surface area contributed by atoms with Crippen molar-refractivity contribution in [2.24, 2.45) is 5.73 Å². The number of hydrogen-bond acceptors (Lipinski definition) is 4. The van der Waals surface area contributed by atoms with Gasteiger partial charge in [-0.1, -0.05) is 44.2 Å². The van der Waals surface area contributed by atoms with Crippen LogP contribution in [0.2, 0.25) is 0 Å². The number of carbonyl (C=O) groups is 1. The first kappa shape index (κ1) is 18.3. The first-order valence-corrected chi connectivity index (χ1v) is 9.59. The molecule has 5 nitrogen and oxygen atoms in total. The Labute approximate surface area is 156 Å². The molecule has 2 heterocycles. The van der Waals surface area contributed by atoms with E-state index >= 15 is 0 Å². The third-order valence-corrected chi connectivity index (χ3v) is 5.40. The van der Waals surface area contributed by atoms with Crippen molar-refractivity contribution in [1.29, 1.82) is 0 Å². The molecule has 3 aromatic rings. The number of amides is 1. The molecule has 0 unspecified atom stereocenters. The summed E-state index contributed by atoms with van der Waals surface area (Å²) in [5.74, 6) is 0.519. The molecule has 2 N–H and O–H groups in total. The van der Waals surface area contributed by atoms with Gasteiger partial charge in [-0.2, -0.15) is 0 Å². The van der Waals surface area contributed by atoms with Crippen LogP contribution in [0.5, 0.6) is 0 Å². The van der Waals surface area contributed by atoms with Gasteiger partial charge in [-0.15, -0.1) is 11.3 Å². The van der Waals surface area contributed by atoms with E-state index in [0.717, 1.165) is 26.7 Å². The first-order chi connectivity index (χ1) is 12.4. The predicted molar refractivity (Wildman–Crippen MR) is 107 cm³/mol. The average Bonchev–Trinajstić information content (AvgIpc) is 2.93. The summed E-state index contributed by atoms with van der Waals surface area (Å²) in [7, 11) is 0. The van der Waals surface area contributed by atoms with Gasteiger partial charge in [0.2, 0.25) is 5.91 Å². The van der Waals surface area contributed by atoms with Crippen molar-refractivity contribution in [2.45, 2.75) is 46.1 Å². The zero-order chi connectivity index (χ0) is 18.8. The van der Waals surface area contributed by atoms with Crippen LogP contribution >= 0.6 is 11.3 Å². The molecule has 1 amide bonds. The Morgan fingerprint density at radius 3 is 2.58 bits per heavy atom. The Kier molecular flexibility index (Phi) is 5.23. The molecule has 2 aromatic heterocycles. The minimum atomic E-state index is -0.352. The number of rotatable bonds is 6. The normalized spacial score (nSPS) is 11.4. The van der Waals surface area contributed by atoms with Crippen molar-refractivity contribution < 1.29 is 4.79 Å². The number of benzene rings is 1. The number of primary amides is 1. The molecule has 3 rings (SSSR count).